The van der Waals surface area contributed by atoms with Crippen LogP contribution in [0.25, 0.3) is 5.69 Å². The largest absolute Gasteiger partial charge is 0.369 e. The lowest BCUT2D eigenvalue weighted by Gasteiger charge is -2.24. The van der Waals surface area contributed by atoms with E-state index < -0.39 is 0 Å². The highest BCUT2D eigenvalue weighted by atomic mass is 15.3. The highest BCUT2D eigenvalue weighted by molar-refractivity contribution is 5.60. The Morgan fingerprint density at radius 3 is 2.90 bits per heavy atom. The molecule has 4 nitrogen and oxygen atoms in total. The third-order valence-electron chi connectivity index (χ3n) is 4.43. The van der Waals surface area contributed by atoms with Gasteiger partial charge in [0.25, 0.3) is 0 Å². The van der Waals surface area contributed by atoms with E-state index in [-0.39, 0.29) is 0 Å². The van der Waals surface area contributed by atoms with E-state index in [1.54, 1.807) is 0 Å². The summed E-state index contributed by atoms with van der Waals surface area (Å²) in [4.78, 5) is 0. The summed E-state index contributed by atoms with van der Waals surface area (Å²) >= 11 is 0. The standard InChI is InChI=1S/C16H16N4/c17-10-12-4-1-2-7-14(12)20-16-13(8-9-18-16)15(19-20)11-5-3-6-11/h1-2,4,7,11,18H,3,5-6,8-9H2. The van der Waals surface area contributed by atoms with Crippen LogP contribution < -0.4 is 5.32 Å². The molecule has 0 saturated heterocycles. The molecule has 1 aromatic heterocycles. The zero-order valence-corrected chi connectivity index (χ0v) is 11.3. The number of benzene rings is 1. The summed E-state index contributed by atoms with van der Waals surface area (Å²) in [6.07, 6.45) is 4.87. The minimum Gasteiger partial charge on any atom is -0.369 e. The Bertz CT molecular complexity index is 704. The van der Waals surface area contributed by atoms with Crippen LogP contribution in [0, 0.1) is 11.3 Å². The van der Waals surface area contributed by atoms with E-state index in [2.05, 4.69) is 11.4 Å². The lowest BCUT2D eigenvalue weighted by Crippen LogP contribution is -2.13. The molecule has 4 heteroatoms. The van der Waals surface area contributed by atoms with Gasteiger partial charge in [-0.05, 0) is 31.4 Å². The maximum Gasteiger partial charge on any atom is 0.133 e. The van der Waals surface area contributed by atoms with Gasteiger partial charge < -0.3 is 5.32 Å². The first-order valence-electron chi connectivity index (χ1n) is 7.23. The second kappa shape index (κ2) is 4.38. The lowest BCUT2D eigenvalue weighted by molar-refractivity contribution is 0.407. The van der Waals surface area contributed by atoms with Crippen LogP contribution in [0.1, 0.15) is 42.0 Å². The van der Waals surface area contributed by atoms with Crippen molar-refractivity contribution in [2.24, 2.45) is 0 Å². The Kier molecular flexibility index (Phi) is 2.53. The fraction of sp³-hybridized carbons (Fsp3) is 0.375. The molecule has 1 aliphatic heterocycles. The summed E-state index contributed by atoms with van der Waals surface area (Å²) in [5, 5.41) is 17.6. The molecular weight excluding hydrogens is 248 g/mol. The summed E-state index contributed by atoms with van der Waals surface area (Å²) in [6.45, 7) is 0.974. The summed E-state index contributed by atoms with van der Waals surface area (Å²) in [7, 11) is 0. The van der Waals surface area contributed by atoms with Crippen molar-refractivity contribution in [1.82, 2.24) is 9.78 Å². The van der Waals surface area contributed by atoms with Crippen LogP contribution in [0.15, 0.2) is 24.3 Å². The van der Waals surface area contributed by atoms with Crippen molar-refractivity contribution in [3.8, 4) is 11.8 Å². The Morgan fingerprint density at radius 1 is 1.30 bits per heavy atom. The Balaban J connectivity index is 1.88. The molecule has 1 fully saturated rings. The molecule has 1 aliphatic carbocycles. The van der Waals surface area contributed by atoms with Gasteiger partial charge in [0.2, 0.25) is 0 Å². The van der Waals surface area contributed by atoms with Crippen molar-refractivity contribution in [2.75, 3.05) is 11.9 Å². The number of rotatable bonds is 2. The first-order valence-corrected chi connectivity index (χ1v) is 7.23. The molecule has 0 atom stereocenters. The third-order valence-corrected chi connectivity index (χ3v) is 4.43. The normalized spacial score (nSPS) is 17.1. The summed E-state index contributed by atoms with van der Waals surface area (Å²) in [5.41, 5.74) is 4.17. The SMILES string of the molecule is N#Cc1ccccc1-n1nc(C2CCC2)c2c1NCC2. The molecule has 4 rings (SSSR count). The fourth-order valence-electron chi connectivity index (χ4n) is 3.14. The van der Waals surface area contributed by atoms with Crippen molar-refractivity contribution in [3.05, 3.63) is 41.1 Å². The maximum absolute atomic E-state index is 9.29. The zero-order valence-electron chi connectivity index (χ0n) is 11.3. The molecule has 2 aromatic rings. The molecule has 20 heavy (non-hydrogen) atoms. The van der Waals surface area contributed by atoms with Gasteiger partial charge in [-0.3, -0.25) is 0 Å². The van der Waals surface area contributed by atoms with Crippen LogP contribution in [0.4, 0.5) is 5.82 Å². The van der Waals surface area contributed by atoms with Crippen LogP contribution in [-0.2, 0) is 6.42 Å². The number of hydrogen-bond acceptors (Lipinski definition) is 3. The first-order chi connectivity index (χ1) is 9.88. The van der Waals surface area contributed by atoms with Gasteiger partial charge in [0.15, 0.2) is 0 Å². The molecule has 1 aromatic carbocycles. The van der Waals surface area contributed by atoms with Gasteiger partial charge in [-0.25, -0.2) is 4.68 Å². The maximum atomic E-state index is 9.29. The van der Waals surface area contributed by atoms with Gasteiger partial charge in [-0.1, -0.05) is 18.6 Å². The summed E-state index contributed by atoms with van der Waals surface area (Å²) in [6, 6.07) is 9.94. The van der Waals surface area contributed by atoms with E-state index in [1.807, 2.05) is 28.9 Å². The molecule has 0 unspecified atom stereocenters. The number of para-hydroxylation sites is 1. The molecule has 0 amide bonds. The van der Waals surface area contributed by atoms with E-state index in [9.17, 15) is 5.26 Å². The number of anilines is 1. The quantitative estimate of drug-likeness (QED) is 0.907. The minimum atomic E-state index is 0.624. The first kappa shape index (κ1) is 11.5. The molecule has 0 radical (unpaired) electrons. The van der Waals surface area contributed by atoms with Gasteiger partial charge in [-0.15, -0.1) is 0 Å². The number of nitrogens with zero attached hydrogens (tertiary/aromatic N) is 3. The average molecular weight is 264 g/mol. The Labute approximate surface area is 118 Å². The third kappa shape index (κ3) is 1.56. The number of hydrogen-bond donors (Lipinski definition) is 1. The van der Waals surface area contributed by atoms with Gasteiger partial charge in [0.1, 0.15) is 11.9 Å². The van der Waals surface area contributed by atoms with Crippen molar-refractivity contribution in [3.63, 3.8) is 0 Å². The highest BCUT2D eigenvalue weighted by Gasteiger charge is 2.31. The number of nitriles is 1. The summed E-state index contributed by atoms with van der Waals surface area (Å²) < 4.78 is 1.94. The van der Waals surface area contributed by atoms with E-state index in [1.165, 1.54) is 30.5 Å². The smallest absolute Gasteiger partial charge is 0.133 e. The van der Waals surface area contributed by atoms with Gasteiger partial charge in [0.05, 0.1) is 16.9 Å². The van der Waals surface area contributed by atoms with Crippen molar-refractivity contribution in [1.29, 1.82) is 5.26 Å². The monoisotopic (exact) mass is 264 g/mol. The van der Waals surface area contributed by atoms with E-state index >= 15 is 0 Å². The van der Waals surface area contributed by atoms with Gasteiger partial charge in [-0.2, -0.15) is 10.4 Å². The van der Waals surface area contributed by atoms with E-state index in [4.69, 9.17) is 5.10 Å². The Morgan fingerprint density at radius 2 is 2.15 bits per heavy atom. The van der Waals surface area contributed by atoms with Crippen LogP contribution in [-0.4, -0.2) is 16.3 Å². The highest BCUT2D eigenvalue weighted by Crippen LogP contribution is 2.41. The molecule has 0 spiro atoms. The predicted octanol–water partition coefficient (Wildman–Crippen LogP) is 2.98. The average Bonchev–Trinajstić information content (AvgIpc) is 3.00. The second-order valence-electron chi connectivity index (χ2n) is 5.56. The molecule has 2 aliphatic rings. The summed E-state index contributed by atoms with van der Waals surface area (Å²) in [5.74, 6) is 1.72. The molecule has 100 valence electrons. The molecule has 2 heterocycles. The fourth-order valence-corrected chi connectivity index (χ4v) is 3.14. The molecular formula is C16H16N4. The van der Waals surface area contributed by atoms with Crippen molar-refractivity contribution < 1.29 is 0 Å². The number of aromatic nitrogens is 2. The molecule has 1 N–H and O–H groups in total. The van der Waals surface area contributed by atoms with Crippen LogP contribution in [0.2, 0.25) is 0 Å². The Hall–Kier alpha value is -2.28. The van der Waals surface area contributed by atoms with E-state index in [0.29, 0.717) is 11.5 Å². The van der Waals surface area contributed by atoms with Crippen molar-refractivity contribution in [2.45, 2.75) is 31.6 Å². The van der Waals surface area contributed by atoms with Gasteiger partial charge >= 0.3 is 0 Å². The lowest BCUT2D eigenvalue weighted by atomic mass is 9.81. The van der Waals surface area contributed by atoms with Gasteiger partial charge in [0, 0.05) is 18.0 Å². The second-order valence-corrected chi connectivity index (χ2v) is 5.56. The molecule has 0 bridgehead atoms. The molecule has 1 saturated carbocycles. The van der Waals surface area contributed by atoms with Crippen molar-refractivity contribution >= 4 is 5.82 Å². The van der Waals surface area contributed by atoms with Crippen LogP contribution in [0.5, 0.6) is 0 Å². The van der Waals surface area contributed by atoms with Crippen LogP contribution in [0.3, 0.4) is 0 Å². The van der Waals surface area contributed by atoms with E-state index in [0.717, 1.165) is 24.5 Å². The zero-order chi connectivity index (χ0) is 13.5. The number of fused-ring (bicyclic) bond motifs is 1. The van der Waals surface area contributed by atoms with Crippen LogP contribution >= 0.6 is 0 Å². The number of nitrogens with one attached hydrogen (secondary N) is 1. The predicted molar refractivity (Wildman–Crippen MR) is 77.1 cm³/mol. The topological polar surface area (TPSA) is 53.6 Å². The minimum absolute atomic E-state index is 0.624.